The Bertz CT molecular complexity index is 576. The summed E-state index contributed by atoms with van der Waals surface area (Å²) in [4.78, 5) is 19.3. The van der Waals surface area contributed by atoms with Crippen LogP contribution in [0.1, 0.15) is 49.3 Å². The molecule has 1 amide bonds. The number of hydrogen-bond donors (Lipinski definition) is 1. The molecule has 0 radical (unpaired) electrons. The monoisotopic (exact) mass is 275 g/mol. The van der Waals surface area contributed by atoms with Crippen molar-refractivity contribution in [1.29, 1.82) is 0 Å². The van der Waals surface area contributed by atoms with Crippen LogP contribution in [-0.4, -0.2) is 15.9 Å². The van der Waals surface area contributed by atoms with E-state index in [1.807, 2.05) is 13.0 Å². The summed E-state index contributed by atoms with van der Waals surface area (Å²) in [5.41, 5.74) is 7.05. The molecule has 0 aromatic carbocycles. The van der Waals surface area contributed by atoms with Crippen LogP contribution in [0.25, 0.3) is 11.3 Å². The Morgan fingerprint density at radius 2 is 1.95 bits per heavy atom. The molecule has 20 heavy (non-hydrogen) atoms. The van der Waals surface area contributed by atoms with E-state index >= 15 is 0 Å². The predicted molar refractivity (Wildman–Crippen MR) is 78.3 cm³/mol. The molecule has 0 bridgehead atoms. The van der Waals surface area contributed by atoms with Crippen LogP contribution >= 0.6 is 0 Å². The zero-order valence-corrected chi connectivity index (χ0v) is 12.4. The molecule has 2 aromatic heterocycles. The molecule has 0 unspecified atom stereocenters. The number of nitrogens with zero attached hydrogens (tertiary/aromatic N) is 2. The van der Waals surface area contributed by atoms with Crippen LogP contribution in [0.15, 0.2) is 22.7 Å². The lowest BCUT2D eigenvalue weighted by molar-refractivity contribution is 0.0995. The summed E-state index contributed by atoms with van der Waals surface area (Å²) in [6.45, 7) is 7.98. The molecule has 2 N–H and O–H groups in total. The van der Waals surface area contributed by atoms with Gasteiger partial charge in [0.05, 0.1) is 6.20 Å². The third-order valence-corrected chi connectivity index (χ3v) is 2.40. The van der Waals surface area contributed by atoms with Crippen molar-refractivity contribution in [2.75, 3.05) is 0 Å². The number of aryl methyl sites for hydroxylation is 2. The molecule has 0 atom stereocenters. The second kappa shape index (κ2) is 7.43. The normalized spacial score (nSPS) is 9.80. The summed E-state index contributed by atoms with van der Waals surface area (Å²) in [5.74, 6) is 0.648. The Balaban J connectivity index is 0.000000612. The van der Waals surface area contributed by atoms with Gasteiger partial charge in [0, 0.05) is 18.2 Å². The molecule has 0 aliphatic carbocycles. The van der Waals surface area contributed by atoms with Gasteiger partial charge in [0.1, 0.15) is 5.69 Å². The Hall–Kier alpha value is -2.17. The van der Waals surface area contributed by atoms with E-state index in [1.165, 1.54) is 6.42 Å². The van der Waals surface area contributed by atoms with Crippen LogP contribution in [0.5, 0.6) is 0 Å². The lowest BCUT2D eigenvalue weighted by Crippen LogP contribution is -2.14. The number of nitrogens with two attached hydrogens (primary N) is 1. The Labute approximate surface area is 119 Å². The first-order valence-corrected chi connectivity index (χ1v) is 6.75. The van der Waals surface area contributed by atoms with Crippen LogP contribution in [-0.2, 0) is 6.42 Å². The van der Waals surface area contributed by atoms with Crippen LogP contribution in [0.2, 0.25) is 0 Å². The molecule has 5 heteroatoms. The third kappa shape index (κ3) is 4.19. The predicted octanol–water partition coefficient (Wildman–Crippen LogP) is 3.12. The van der Waals surface area contributed by atoms with Crippen LogP contribution < -0.4 is 5.73 Å². The van der Waals surface area contributed by atoms with Gasteiger partial charge in [0.2, 0.25) is 0 Å². The molecule has 0 aliphatic rings. The number of carbonyl (C=O) groups is 1. The summed E-state index contributed by atoms with van der Waals surface area (Å²) in [6, 6.07) is 3.48. The van der Waals surface area contributed by atoms with Crippen molar-refractivity contribution in [3.8, 4) is 11.3 Å². The van der Waals surface area contributed by atoms with Gasteiger partial charge in [-0.2, -0.15) is 0 Å². The van der Waals surface area contributed by atoms with E-state index in [-0.39, 0.29) is 5.69 Å². The number of amides is 1. The van der Waals surface area contributed by atoms with E-state index < -0.39 is 5.91 Å². The molecular weight excluding hydrogens is 254 g/mol. The highest BCUT2D eigenvalue weighted by Gasteiger charge is 2.10. The van der Waals surface area contributed by atoms with Crippen molar-refractivity contribution in [2.45, 2.75) is 40.5 Å². The zero-order chi connectivity index (χ0) is 15.1. The van der Waals surface area contributed by atoms with Crippen molar-refractivity contribution in [1.82, 2.24) is 9.97 Å². The standard InChI is InChI=1S/C12H13N3O2.C3H8/c1-3-9-4-8(5-10(15-9)12(13)16)11-6-14-7(2)17-11;1-3-2/h4-6H,3H2,1-2H3,(H2,13,16);3H2,1-2H3. The summed E-state index contributed by atoms with van der Waals surface area (Å²) in [6.07, 6.45) is 3.59. The van der Waals surface area contributed by atoms with Gasteiger partial charge in [-0.05, 0) is 18.6 Å². The van der Waals surface area contributed by atoms with E-state index in [9.17, 15) is 4.79 Å². The molecule has 0 aliphatic heterocycles. The highest BCUT2D eigenvalue weighted by atomic mass is 16.4. The van der Waals surface area contributed by atoms with Crippen molar-refractivity contribution >= 4 is 5.91 Å². The SMILES string of the molecule is CCC.CCc1cc(-c2cnc(C)o2)cc(C(N)=O)n1. The number of aromatic nitrogens is 2. The summed E-state index contributed by atoms with van der Waals surface area (Å²) in [7, 11) is 0. The number of primary amides is 1. The molecular formula is C15H21N3O2. The first-order valence-electron chi connectivity index (χ1n) is 6.75. The third-order valence-electron chi connectivity index (χ3n) is 2.40. The number of oxazole rings is 1. The summed E-state index contributed by atoms with van der Waals surface area (Å²) >= 11 is 0. The number of pyridine rings is 1. The zero-order valence-electron chi connectivity index (χ0n) is 12.4. The average molecular weight is 275 g/mol. The topological polar surface area (TPSA) is 82.0 Å². The number of hydrogen-bond acceptors (Lipinski definition) is 4. The molecule has 2 rings (SSSR count). The lowest BCUT2D eigenvalue weighted by atomic mass is 10.1. The molecule has 2 heterocycles. The van der Waals surface area contributed by atoms with E-state index in [4.69, 9.17) is 10.2 Å². The highest BCUT2D eigenvalue weighted by molar-refractivity contribution is 5.92. The first kappa shape index (κ1) is 15.9. The van der Waals surface area contributed by atoms with Gasteiger partial charge in [0.15, 0.2) is 11.7 Å². The van der Waals surface area contributed by atoms with Crippen molar-refractivity contribution in [3.05, 3.63) is 35.6 Å². The Morgan fingerprint density at radius 3 is 2.40 bits per heavy atom. The molecule has 2 aromatic rings. The summed E-state index contributed by atoms with van der Waals surface area (Å²) in [5, 5.41) is 0. The van der Waals surface area contributed by atoms with Crippen LogP contribution in [0.4, 0.5) is 0 Å². The van der Waals surface area contributed by atoms with Gasteiger partial charge in [-0.1, -0.05) is 27.2 Å². The van der Waals surface area contributed by atoms with E-state index in [0.717, 1.165) is 17.7 Å². The Kier molecular flexibility index (Phi) is 5.90. The van der Waals surface area contributed by atoms with E-state index in [1.54, 1.807) is 19.2 Å². The molecule has 0 saturated carbocycles. The van der Waals surface area contributed by atoms with Gasteiger partial charge in [-0.25, -0.2) is 9.97 Å². The van der Waals surface area contributed by atoms with Crippen molar-refractivity contribution in [2.24, 2.45) is 5.73 Å². The maximum Gasteiger partial charge on any atom is 0.267 e. The second-order valence-corrected chi connectivity index (χ2v) is 4.40. The van der Waals surface area contributed by atoms with Gasteiger partial charge < -0.3 is 10.2 Å². The van der Waals surface area contributed by atoms with Crippen molar-refractivity contribution in [3.63, 3.8) is 0 Å². The molecule has 108 valence electrons. The minimum atomic E-state index is -0.544. The van der Waals surface area contributed by atoms with Gasteiger partial charge in [-0.3, -0.25) is 4.79 Å². The largest absolute Gasteiger partial charge is 0.441 e. The highest BCUT2D eigenvalue weighted by Crippen LogP contribution is 2.21. The second-order valence-electron chi connectivity index (χ2n) is 4.40. The summed E-state index contributed by atoms with van der Waals surface area (Å²) < 4.78 is 5.41. The fourth-order valence-electron chi connectivity index (χ4n) is 1.53. The molecule has 0 saturated heterocycles. The van der Waals surface area contributed by atoms with E-state index in [2.05, 4.69) is 23.8 Å². The van der Waals surface area contributed by atoms with Crippen molar-refractivity contribution < 1.29 is 9.21 Å². The maximum atomic E-state index is 11.2. The van der Waals surface area contributed by atoms with Gasteiger partial charge >= 0.3 is 0 Å². The van der Waals surface area contributed by atoms with Gasteiger partial charge in [-0.15, -0.1) is 0 Å². The number of carbonyl (C=O) groups excluding carboxylic acids is 1. The molecule has 0 fully saturated rings. The van der Waals surface area contributed by atoms with Crippen LogP contribution in [0.3, 0.4) is 0 Å². The maximum absolute atomic E-state index is 11.2. The fourth-order valence-corrected chi connectivity index (χ4v) is 1.53. The van der Waals surface area contributed by atoms with E-state index in [0.29, 0.717) is 11.7 Å². The lowest BCUT2D eigenvalue weighted by Gasteiger charge is -2.03. The fraction of sp³-hybridized carbons (Fsp3) is 0.400. The average Bonchev–Trinajstić information content (AvgIpc) is 2.85. The minimum absolute atomic E-state index is 0.244. The molecule has 5 nitrogen and oxygen atoms in total. The van der Waals surface area contributed by atoms with Crippen LogP contribution in [0, 0.1) is 6.92 Å². The number of rotatable bonds is 3. The van der Waals surface area contributed by atoms with Gasteiger partial charge in [0.25, 0.3) is 5.91 Å². The smallest absolute Gasteiger partial charge is 0.267 e. The Morgan fingerprint density at radius 1 is 1.30 bits per heavy atom. The molecule has 0 spiro atoms. The minimum Gasteiger partial charge on any atom is -0.441 e. The first-order chi connectivity index (χ1) is 9.51. The quantitative estimate of drug-likeness (QED) is 0.933.